The fraction of sp³-hybridized carbons (Fsp3) is 0.280. The highest BCUT2D eigenvalue weighted by Gasteiger charge is 2.23. The zero-order valence-corrected chi connectivity index (χ0v) is 19.8. The minimum Gasteiger partial charge on any atom is -0.462 e. The van der Waals surface area contributed by atoms with Crippen molar-refractivity contribution >= 4 is 45.3 Å². The van der Waals surface area contributed by atoms with Crippen molar-refractivity contribution in [3.05, 3.63) is 82.7 Å². The van der Waals surface area contributed by atoms with Crippen LogP contribution in [0.15, 0.2) is 66.7 Å². The van der Waals surface area contributed by atoms with Gasteiger partial charge in [-0.15, -0.1) is 11.3 Å². The SMILES string of the molecule is CCOC(=O)c1cc(Cc2ccccc2)sc1NC(=S)N1CCN(c2ccccc2)CC1. The molecule has 2 aromatic carbocycles. The molecule has 7 heteroatoms. The molecule has 0 unspecified atom stereocenters. The lowest BCUT2D eigenvalue weighted by Gasteiger charge is -2.37. The second-order valence-corrected chi connectivity index (χ2v) is 9.10. The van der Waals surface area contributed by atoms with Crippen molar-refractivity contribution in [2.75, 3.05) is 43.0 Å². The van der Waals surface area contributed by atoms with E-state index >= 15 is 0 Å². The van der Waals surface area contributed by atoms with Gasteiger partial charge in [0.25, 0.3) is 0 Å². The van der Waals surface area contributed by atoms with Gasteiger partial charge in [0.2, 0.25) is 0 Å². The van der Waals surface area contributed by atoms with Gasteiger partial charge in [0.05, 0.1) is 12.2 Å². The van der Waals surface area contributed by atoms with Crippen molar-refractivity contribution in [3.8, 4) is 0 Å². The molecule has 0 spiro atoms. The van der Waals surface area contributed by atoms with Crippen LogP contribution >= 0.6 is 23.6 Å². The topological polar surface area (TPSA) is 44.8 Å². The summed E-state index contributed by atoms with van der Waals surface area (Å²) in [5.41, 5.74) is 2.99. The summed E-state index contributed by atoms with van der Waals surface area (Å²) in [6.07, 6.45) is 0.766. The van der Waals surface area contributed by atoms with Gasteiger partial charge in [-0.1, -0.05) is 48.5 Å². The monoisotopic (exact) mass is 465 g/mol. The van der Waals surface area contributed by atoms with E-state index in [2.05, 4.69) is 51.5 Å². The van der Waals surface area contributed by atoms with E-state index in [1.807, 2.05) is 37.3 Å². The number of hydrogen-bond donors (Lipinski definition) is 1. The van der Waals surface area contributed by atoms with Crippen molar-refractivity contribution in [1.82, 2.24) is 4.90 Å². The predicted octanol–water partition coefficient (Wildman–Crippen LogP) is 5.03. The first-order valence-electron chi connectivity index (χ1n) is 10.8. The number of benzene rings is 2. The van der Waals surface area contributed by atoms with E-state index in [4.69, 9.17) is 17.0 Å². The van der Waals surface area contributed by atoms with E-state index in [1.165, 1.54) is 11.3 Å². The molecule has 0 atom stereocenters. The molecule has 4 rings (SSSR count). The molecule has 0 saturated carbocycles. The number of rotatable bonds is 6. The Morgan fingerprint density at radius 2 is 1.69 bits per heavy atom. The first-order chi connectivity index (χ1) is 15.6. The Kier molecular flexibility index (Phi) is 7.39. The molecule has 1 saturated heterocycles. The Labute approximate surface area is 198 Å². The molecular weight excluding hydrogens is 438 g/mol. The van der Waals surface area contributed by atoms with Crippen LogP contribution in [-0.4, -0.2) is 48.8 Å². The Morgan fingerprint density at radius 3 is 2.34 bits per heavy atom. The van der Waals surface area contributed by atoms with E-state index in [0.717, 1.165) is 42.5 Å². The Morgan fingerprint density at radius 1 is 1.03 bits per heavy atom. The van der Waals surface area contributed by atoms with Crippen molar-refractivity contribution < 1.29 is 9.53 Å². The maximum absolute atomic E-state index is 12.6. The van der Waals surface area contributed by atoms with Crippen LogP contribution < -0.4 is 10.2 Å². The average molecular weight is 466 g/mol. The van der Waals surface area contributed by atoms with Gasteiger partial charge in [0.1, 0.15) is 5.00 Å². The molecular formula is C25H27N3O2S2. The van der Waals surface area contributed by atoms with Gasteiger partial charge in [-0.3, -0.25) is 0 Å². The second kappa shape index (κ2) is 10.6. The van der Waals surface area contributed by atoms with Gasteiger partial charge in [-0.25, -0.2) is 4.79 Å². The number of anilines is 2. The van der Waals surface area contributed by atoms with E-state index in [1.54, 1.807) is 11.3 Å². The largest absolute Gasteiger partial charge is 0.462 e. The summed E-state index contributed by atoms with van der Waals surface area (Å²) >= 11 is 7.27. The predicted molar refractivity (Wildman–Crippen MR) is 136 cm³/mol. The third kappa shape index (κ3) is 5.47. The standard InChI is InChI=1S/C25H27N3O2S2/c1-2-30-24(29)22-18-21(17-19-9-5-3-6-10-19)32-23(22)26-25(31)28-15-13-27(14-16-28)20-11-7-4-8-12-20/h3-12,18H,2,13-17H2,1H3,(H,26,31). The van der Waals surface area contributed by atoms with Crippen LogP contribution in [0.4, 0.5) is 10.7 Å². The van der Waals surface area contributed by atoms with Crippen molar-refractivity contribution in [2.24, 2.45) is 0 Å². The molecule has 3 aromatic rings. The Bertz CT molecular complexity index is 1050. The normalized spacial score (nSPS) is 13.7. The van der Waals surface area contributed by atoms with Crippen LogP contribution in [-0.2, 0) is 11.2 Å². The summed E-state index contributed by atoms with van der Waals surface area (Å²) in [6, 6.07) is 22.6. The van der Waals surface area contributed by atoms with Crippen LogP contribution in [0.2, 0.25) is 0 Å². The van der Waals surface area contributed by atoms with Crippen LogP contribution in [0.25, 0.3) is 0 Å². The highest BCUT2D eigenvalue weighted by atomic mass is 32.1. The maximum atomic E-state index is 12.6. The molecule has 1 aliphatic rings. The molecule has 1 fully saturated rings. The highest BCUT2D eigenvalue weighted by molar-refractivity contribution is 7.80. The van der Waals surface area contributed by atoms with Gasteiger partial charge >= 0.3 is 5.97 Å². The molecule has 32 heavy (non-hydrogen) atoms. The van der Waals surface area contributed by atoms with Crippen LogP contribution in [0.5, 0.6) is 0 Å². The summed E-state index contributed by atoms with van der Waals surface area (Å²) in [4.78, 5) is 18.2. The summed E-state index contributed by atoms with van der Waals surface area (Å²) in [5.74, 6) is -0.317. The number of thiophene rings is 1. The molecule has 5 nitrogen and oxygen atoms in total. The molecule has 0 bridgehead atoms. The number of piperazine rings is 1. The zero-order chi connectivity index (χ0) is 22.3. The maximum Gasteiger partial charge on any atom is 0.341 e. The molecule has 1 aliphatic heterocycles. The summed E-state index contributed by atoms with van der Waals surface area (Å²) in [7, 11) is 0. The fourth-order valence-corrected chi connectivity index (χ4v) is 5.19. The van der Waals surface area contributed by atoms with Crippen molar-refractivity contribution in [1.29, 1.82) is 0 Å². The lowest BCUT2D eigenvalue weighted by atomic mass is 10.1. The van der Waals surface area contributed by atoms with Gasteiger partial charge < -0.3 is 19.9 Å². The molecule has 166 valence electrons. The van der Waals surface area contributed by atoms with Crippen LogP contribution in [0.1, 0.15) is 27.7 Å². The average Bonchev–Trinajstić information content (AvgIpc) is 3.22. The lowest BCUT2D eigenvalue weighted by Crippen LogP contribution is -2.50. The number of esters is 1. The van der Waals surface area contributed by atoms with Crippen LogP contribution in [0.3, 0.4) is 0 Å². The second-order valence-electron chi connectivity index (χ2n) is 7.58. The van der Waals surface area contributed by atoms with E-state index in [-0.39, 0.29) is 5.97 Å². The number of nitrogens with one attached hydrogen (secondary N) is 1. The molecule has 1 aromatic heterocycles. The van der Waals surface area contributed by atoms with E-state index in [9.17, 15) is 4.79 Å². The minimum absolute atomic E-state index is 0.317. The van der Waals surface area contributed by atoms with E-state index < -0.39 is 0 Å². The van der Waals surface area contributed by atoms with Crippen LogP contribution in [0, 0.1) is 0 Å². The summed E-state index contributed by atoms with van der Waals surface area (Å²) in [5, 5.41) is 4.74. The highest BCUT2D eigenvalue weighted by Crippen LogP contribution is 2.31. The molecule has 0 aliphatic carbocycles. The van der Waals surface area contributed by atoms with Gasteiger partial charge in [0, 0.05) is 43.2 Å². The first kappa shape index (κ1) is 22.3. The first-order valence-corrected chi connectivity index (χ1v) is 12.1. The number of thiocarbonyl (C=S) groups is 1. The number of carbonyl (C=O) groups excluding carboxylic acids is 1. The quantitative estimate of drug-likeness (QED) is 0.407. The fourth-order valence-electron chi connectivity index (χ4n) is 3.76. The molecule has 0 radical (unpaired) electrons. The number of hydrogen-bond acceptors (Lipinski definition) is 5. The van der Waals surface area contributed by atoms with E-state index in [0.29, 0.717) is 17.3 Å². The summed E-state index contributed by atoms with van der Waals surface area (Å²) < 4.78 is 5.29. The number of ether oxygens (including phenoxy) is 1. The molecule has 0 amide bonds. The lowest BCUT2D eigenvalue weighted by molar-refractivity contribution is 0.0528. The van der Waals surface area contributed by atoms with Gasteiger partial charge in [-0.2, -0.15) is 0 Å². The Hall–Kier alpha value is -2.90. The third-order valence-corrected chi connectivity index (χ3v) is 6.82. The Balaban J connectivity index is 1.44. The summed E-state index contributed by atoms with van der Waals surface area (Å²) in [6.45, 7) is 5.63. The molecule has 1 N–H and O–H groups in total. The molecule has 2 heterocycles. The number of carbonyl (C=O) groups is 1. The van der Waals surface area contributed by atoms with Gasteiger partial charge in [0.15, 0.2) is 5.11 Å². The smallest absolute Gasteiger partial charge is 0.341 e. The van der Waals surface area contributed by atoms with Gasteiger partial charge in [-0.05, 0) is 42.9 Å². The van der Waals surface area contributed by atoms with Crippen molar-refractivity contribution in [2.45, 2.75) is 13.3 Å². The minimum atomic E-state index is -0.317. The van der Waals surface area contributed by atoms with Crippen molar-refractivity contribution in [3.63, 3.8) is 0 Å². The number of para-hydroxylation sites is 1. The third-order valence-electron chi connectivity index (χ3n) is 5.41. The number of nitrogens with zero attached hydrogens (tertiary/aromatic N) is 2. The zero-order valence-electron chi connectivity index (χ0n) is 18.1.